The van der Waals surface area contributed by atoms with Crippen LogP contribution in [0.15, 0.2) is 23.3 Å². The third kappa shape index (κ3) is 22.8. The lowest BCUT2D eigenvalue weighted by atomic mass is 10.1. The second kappa shape index (κ2) is 15.3. The molecule has 0 rings (SSSR count). The number of ether oxygens (including phenoxy) is 2. The van der Waals surface area contributed by atoms with Crippen molar-refractivity contribution < 1.29 is 19.1 Å². The number of hydrogen-bond donors (Lipinski definition) is 0. The van der Waals surface area contributed by atoms with Gasteiger partial charge in [-0.3, -0.25) is 0 Å². The zero-order chi connectivity index (χ0) is 18.3. The SMILES string of the molecule is CC(C)=CC(=O)OCCC(C)C.CCCCOC(=O)C=C(C)C. The van der Waals surface area contributed by atoms with E-state index in [-0.39, 0.29) is 11.9 Å². The molecule has 0 bridgehead atoms. The molecule has 0 N–H and O–H groups in total. The molecule has 0 spiro atoms. The first-order valence-corrected chi connectivity index (χ1v) is 8.32. The van der Waals surface area contributed by atoms with Crippen LogP contribution in [0.4, 0.5) is 0 Å². The highest BCUT2D eigenvalue weighted by Crippen LogP contribution is 2.00. The summed E-state index contributed by atoms with van der Waals surface area (Å²) in [6, 6.07) is 0. The summed E-state index contributed by atoms with van der Waals surface area (Å²) < 4.78 is 9.83. The van der Waals surface area contributed by atoms with Crippen LogP contribution in [-0.4, -0.2) is 25.2 Å². The monoisotopic (exact) mass is 326 g/mol. The highest BCUT2D eigenvalue weighted by Gasteiger charge is 1.99. The first kappa shape index (κ1) is 23.7. The van der Waals surface area contributed by atoms with E-state index in [0.717, 1.165) is 30.4 Å². The summed E-state index contributed by atoms with van der Waals surface area (Å²) in [5.41, 5.74) is 1.95. The minimum absolute atomic E-state index is 0.224. The predicted molar refractivity (Wildman–Crippen MR) is 95.1 cm³/mol. The topological polar surface area (TPSA) is 52.6 Å². The molecule has 0 saturated carbocycles. The molecule has 4 heteroatoms. The normalized spacial score (nSPS) is 9.39. The molecule has 0 aromatic heterocycles. The molecule has 0 atom stereocenters. The molecule has 4 nitrogen and oxygen atoms in total. The Labute approximate surface area is 141 Å². The fourth-order valence-corrected chi connectivity index (χ4v) is 1.27. The zero-order valence-corrected chi connectivity index (χ0v) is 15.9. The van der Waals surface area contributed by atoms with E-state index in [0.29, 0.717) is 19.1 Å². The molecule has 0 saturated heterocycles. The van der Waals surface area contributed by atoms with Crippen molar-refractivity contribution in [2.24, 2.45) is 5.92 Å². The number of esters is 2. The van der Waals surface area contributed by atoms with Crippen LogP contribution in [0.1, 0.15) is 67.7 Å². The molecular weight excluding hydrogens is 292 g/mol. The van der Waals surface area contributed by atoms with E-state index < -0.39 is 0 Å². The van der Waals surface area contributed by atoms with Crippen molar-refractivity contribution in [1.82, 2.24) is 0 Å². The van der Waals surface area contributed by atoms with Crippen molar-refractivity contribution in [3.8, 4) is 0 Å². The number of unbranched alkanes of at least 4 members (excludes halogenated alkanes) is 1. The maximum absolute atomic E-state index is 10.9. The fraction of sp³-hybridized carbons (Fsp3) is 0.684. The number of carbonyl (C=O) groups is 2. The second-order valence-corrected chi connectivity index (χ2v) is 6.31. The second-order valence-electron chi connectivity index (χ2n) is 6.31. The minimum atomic E-state index is -0.226. The molecule has 0 aromatic carbocycles. The van der Waals surface area contributed by atoms with Crippen LogP contribution < -0.4 is 0 Å². The Morgan fingerprint density at radius 3 is 1.65 bits per heavy atom. The highest BCUT2D eigenvalue weighted by molar-refractivity contribution is 5.82. The molecule has 0 heterocycles. The maximum atomic E-state index is 10.9. The van der Waals surface area contributed by atoms with E-state index in [2.05, 4.69) is 20.8 Å². The van der Waals surface area contributed by atoms with Crippen LogP contribution in [0.2, 0.25) is 0 Å². The quantitative estimate of drug-likeness (QED) is 0.364. The fourth-order valence-electron chi connectivity index (χ4n) is 1.27. The molecule has 0 aromatic rings. The van der Waals surface area contributed by atoms with Gasteiger partial charge in [0, 0.05) is 12.2 Å². The summed E-state index contributed by atoms with van der Waals surface area (Å²) in [5, 5.41) is 0. The molecule has 23 heavy (non-hydrogen) atoms. The van der Waals surface area contributed by atoms with E-state index >= 15 is 0 Å². The van der Waals surface area contributed by atoms with Gasteiger partial charge in [0.05, 0.1) is 13.2 Å². The van der Waals surface area contributed by atoms with Crippen molar-refractivity contribution in [1.29, 1.82) is 0 Å². The maximum Gasteiger partial charge on any atom is 0.330 e. The Morgan fingerprint density at radius 2 is 1.30 bits per heavy atom. The van der Waals surface area contributed by atoms with Crippen LogP contribution in [0, 0.1) is 5.92 Å². The van der Waals surface area contributed by atoms with Gasteiger partial charge in [0.1, 0.15) is 0 Å². The van der Waals surface area contributed by atoms with Gasteiger partial charge >= 0.3 is 11.9 Å². The van der Waals surface area contributed by atoms with E-state index in [1.807, 2.05) is 27.7 Å². The van der Waals surface area contributed by atoms with Crippen LogP contribution in [-0.2, 0) is 19.1 Å². The molecule has 0 aliphatic carbocycles. The van der Waals surface area contributed by atoms with Gasteiger partial charge in [-0.2, -0.15) is 0 Å². The van der Waals surface area contributed by atoms with Gasteiger partial charge < -0.3 is 9.47 Å². The van der Waals surface area contributed by atoms with E-state index in [4.69, 9.17) is 9.47 Å². The molecule has 0 unspecified atom stereocenters. The van der Waals surface area contributed by atoms with E-state index in [1.165, 1.54) is 12.2 Å². The third-order valence-corrected chi connectivity index (χ3v) is 2.49. The first-order valence-electron chi connectivity index (χ1n) is 8.32. The Balaban J connectivity index is 0. The Hall–Kier alpha value is -1.58. The summed E-state index contributed by atoms with van der Waals surface area (Å²) in [6.07, 6.45) is 5.96. The first-order chi connectivity index (χ1) is 10.7. The number of carbonyl (C=O) groups excluding carboxylic acids is 2. The molecule has 0 aliphatic heterocycles. The average Bonchev–Trinajstić information content (AvgIpc) is 2.37. The summed E-state index contributed by atoms with van der Waals surface area (Å²) in [4.78, 5) is 21.8. The van der Waals surface area contributed by atoms with Crippen LogP contribution in [0.5, 0.6) is 0 Å². The third-order valence-electron chi connectivity index (χ3n) is 2.49. The van der Waals surface area contributed by atoms with Crippen molar-refractivity contribution in [2.45, 2.75) is 67.7 Å². The minimum Gasteiger partial charge on any atom is -0.463 e. The summed E-state index contributed by atoms with van der Waals surface area (Å²) in [5.74, 6) is 0.138. The van der Waals surface area contributed by atoms with E-state index in [9.17, 15) is 9.59 Å². The predicted octanol–water partition coefficient (Wildman–Crippen LogP) is 4.84. The van der Waals surface area contributed by atoms with Crippen LogP contribution in [0.25, 0.3) is 0 Å². The zero-order valence-electron chi connectivity index (χ0n) is 15.9. The van der Waals surface area contributed by atoms with Gasteiger partial charge in [-0.15, -0.1) is 0 Å². The molecule has 0 radical (unpaired) electrons. The lowest BCUT2D eigenvalue weighted by Gasteiger charge is -2.04. The Bertz CT molecular complexity index is 384. The number of hydrogen-bond acceptors (Lipinski definition) is 4. The molecule has 0 amide bonds. The van der Waals surface area contributed by atoms with Gasteiger partial charge in [0.25, 0.3) is 0 Å². The molecule has 0 aliphatic rings. The lowest BCUT2D eigenvalue weighted by Crippen LogP contribution is -2.05. The highest BCUT2D eigenvalue weighted by atomic mass is 16.5. The Kier molecular flexibility index (Phi) is 15.8. The van der Waals surface area contributed by atoms with Gasteiger partial charge in [0.15, 0.2) is 0 Å². The smallest absolute Gasteiger partial charge is 0.330 e. The number of rotatable bonds is 8. The van der Waals surface area contributed by atoms with Crippen molar-refractivity contribution in [3.63, 3.8) is 0 Å². The summed E-state index contributed by atoms with van der Waals surface area (Å²) >= 11 is 0. The molecular formula is C19H34O4. The van der Waals surface area contributed by atoms with Crippen molar-refractivity contribution >= 4 is 11.9 Å². The summed E-state index contributed by atoms with van der Waals surface area (Å²) in [6.45, 7) is 14.9. The lowest BCUT2D eigenvalue weighted by molar-refractivity contribution is -0.138. The van der Waals surface area contributed by atoms with Crippen LogP contribution >= 0.6 is 0 Å². The van der Waals surface area contributed by atoms with Crippen molar-refractivity contribution in [3.05, 3.63) is 23.3 Å². The summed E-state index contributed by atoms with van der Waals surface area (Å²) in [7, 11) is 0. The average molecular weight is 326 g/mol. The number of allylic oxidation sites excluding steroid dienone is 2. The standard InChI is InChI=1S/C10H18O2.C9H16O2/c1-8(2)5-6-12-10(11)7-9(3)4;1-4-5-6-11-9(10)7-8(2)3/h7-8H,5-6H2,1-4H3;7H,4-6H2,1-3H3. The van der Waals surface area contributed by atoms with Gasteiger partial charge in [-0.05, 0) is 46.5 Å². The molecule has 0 fully saturated rings. The van der Waals surface area contributed by atoms with Gasteiger partial charge in [0.2, 0.25) is 0 Å². The van der Waals surface area contributed by atoms with Crippen molar-refractivity contribution in [2.75, 3.05) is 13.2 Å². The van der Waals surface area contributed by atoms with Crippen LogP contribution in [0.3, 0.4) is 0 Å². The largest absolute Gasteiger partial charge is 0.463 e. The van der Waals surface area contributed by atoms with Gasteiger partial charge in [-0.25, -0.2) is 9.59 Å². The Morgan fingerprint density at radius 1 is 0.870 bits per heavy atom. The van der Waals surface area contributed by atoms with E-state index in [1.54, 1.807) is 0 Å². The van der Waals surface area contributed by atoms with Gasteiger partial charge in [-0.1, -0.05) is 38.3 Å². The molecule has 134 valence electrons.